The number of nitrogens with zero attached hydrogens (tertiary/aromatic N) is 3. The summed E-state index contributed by atoms with van der Waals surface area (Å²) in [5, 5.41) is 16.8. The van der Waals surface area contributed by atoms with Crippen LogP contribution in [0.15, 0.2) is 47.7 Å². The topological polar surface area (TPSA) is 151 Å². The van der Waals surface area contributed by atoms with Crippen molar-refractivity contribution in [2.24, 2.45) is 0 Å². The van der Waals surface area contributed by atoms with Crippen molar-refractivity contribution in [2.75, 3.05) is 32.4 Å². The molecule has 0 radical (unpaired) electrons. The van der Waals surface area contributed by atoms with Gasteiger partial charge in [0.25, 0.3) is 0 Å². The fourth-order valence-corrected chi connectivity index (χ4v) is 4.92. The number of allylic oxidation sites excluding steroid dienone is 2. The highest BCUT2D eigenvalue weighted by Gasteiger charge is 2.40. The number of rotatable bonds is 6. The van der Waals surface area contributed by atoms with E-state index in [0.29, 0.717) is 40.8 Å². The van der Waals surface area contributed by atoms with E-state index in [-0.39, 0.29) is 29.6 Å². The summed E-state index contributed by atoms with van der Waals surface area (Å²) in [6, 6.07) is 9.51. The maximum Gasteiger partial charge on any atom is 0.335 e. The smallest absolute Gasteiger partial charge is 0.335 e. The molecule has 0 spiro atoms. The van der Waals surface area contributed by atoms with Crippen molar-refractivity contribution in [1.82, 2.24) is 14.8 Å². The van der Waals surface area contributed by atoms with Crippen LogP contribution in [0.2, 0.25) is 0 Å². The quantitative estimate of drug-likeness (QED) is 0.469. The van der Waals surface area contributed by atoms with Crippen LogP contribution < -0.4 is 25.3 Å². The van der Waals surface area contributed by atoms with Gasteiger partial charge in [-0.3, -0.25) is 4.79 Å². The molecule has 0 saturated carbocycles. The molecule has 1 aliphatic heterocycles. The number of Topliss-reactive ketones (excluding diaryl/α,β-unsaturated/α-hetero) is 1. The summed E-state index contributed by atoms with van der Waals surface area (Å²) >= 11 is 0. The zero-order valence-corrected chi connectivity index (χ0v) is 19.9. The summed E-state index contributed by atoms with van der Waals surface area (Å²) in [6.45, 7) is 0. The molecule has 0 bridgehead atoms. The first-order valence-electron chi connectivity index (χ1n) is 11.2. The first-order valence-corrected chi connectivity index (χ1v) is 11.2. The van der Waals surface area contributed by atoms with Crippen molar-refractivity contribution in [2.45, 2.75) is 24.8 Å². The Balaban J connectivity index is 1.58. The molecule has 11 nitrogen and oxygen atoms in total. The molecule has 11 heteroatoms. The average molecular weight is 492 g/mol. The number of carbonyl (C=O) groups excluding carboxylic acids is 1. The molecule has 4 N–H and O–H groups in total. The second-order valence-corrected chi connectivity index (χ2v) is 8.57. The molecule has 5 rings (SSSR count). The van der Waals surface area contributed by atoms with Crippen molar-refractivity contribution in [3.63, 3.8) is 0 Å². The van der Waals surface area contributed by atoms with E-state index in [1.807, 2.05) is 12.1 Å². The summed E-state index contributed by atoms with van der Waals surface area (Å²) in [5.74, 6) is 0.748. The Morgan fingerprint density at radius 2 is 1.72 bits per heavy atom. The Morgan fingerprint density at radius 3 is 2.31 bits per heavy atom. The van der Waals surface area contributed by atoms with Crippen LogP contribution in [0.4, 0.5) is 11.9 Å². The van der Waals surface area contributed by atoms with Gasteiger partial charge in [0.15, 0.2) is 17.3 Å². The molecule has 0 fully saturated rings. The zero-order valence-electron chi connectivity index (χ0n) is 19.9. The Morgan fingerprint density at radius 1 is 1.06 bits per heavy atom. The SMILES string of the molecule is COc1cc([C@@H]2CC(=O)C3=C(C2)Nc2nc(N)nn2[C@@H]3c2ccc(C(=O)O)cc2)cc(OC)c1OC. The third-order valence-electron chi connectivity index (χ3n) is 6.57. The number of aromatic carboxylic acids is 1. The molecular formula is C25H25N5O6. The lowest BCUT2D eigenvalue weighted by Crippen LogP contribution is -2.33. The molecule has 2 aliphatic rings. The Hall–Kier alpha value is -4.54. The number of hydrogen-bond acceptors (Lipinski definition) is 9. The van der Waals surface area contributed by atoms with Crippen molar-refractivity contribution < 1.29 is 28.9 Å². The van der Waals surface area contributed by atoms with E-state index in [0.717, 1.165) is 11.3 Å². The lowest BCUT2D eigenvalue weighted by molar-refractivity contribution is -0.116. The van der Waals surface area contributed by atoms with Crippen molar-refractivity contribution in [3.05, 3.63) is 64.4 Å². The number of ketones is 1. The van der Waals surface area contributed by atoms with E-state index in [9.17, 15) is 14.7 Å². The number of benzene rings is 2. The lowest BCUT2D eigenvalue weighted by Gasteiger charge is -2.35. The van der Waals surface area contributed by atoms with Gasteiger partial charge in [0.05, 0.1) is 26.9 Å². The molecule has 0 unspecified atom stereocenters. The van der Waals surface area contributed by atoms with E-state index < -0.39 is 12.0 Å². The molecule has 36 heavy (non-hydrogen) atoms. The fraction of sp³-hybridized carbons (Fsp3) is 0.280. The average Bonchev–Trinajstić information content (AvgIpc) is 3.25. The van der Waals surface area contributed by atoms with Crippen LogP contribution in [0.1, 0.15) is 46.3 Å². The van der Waals surface area contributed by atoms with Crippen LogP contribution in [-0.4, -0.2) is 53.0 Å². The molecule has 186 valence electrons. The number of carbonyl (C=O) groups is 2. The van der Waals surface area contributed by atoms with Gasteiger partial charge >= 0.3 is 5.97 Å². The van der Waals surface area contributed by atoms with Gasteiger partial charge in [0.1, 0.15) is 6.04 Å². The second-order valence-electron chi connectivity index (χ2n) is 8.57. The molecule has 2 aromatic carbocycles. The lowest BCUT2D eigenvalue weighted by atomic mass is 9.77. The molecule has 1 aromatic heterocycles. The molecule has 0 amide bonds. The fourth-order valence-electron chi connectivity index (χ4n) is 4.92. The minimum absolute atomic E-state index is 0.0606. The van der Waals surface area contributed by atoms with Crippen molar-refractivity contribution in [1.29, 1.82) is 0 Å². The minimum Gasteiger partial charge on any atom is -0.493 e. The van der Waals surface area contributed by atoms with Crippen LogP contribution in [0.5, 0.6) is 17.2 Å². The standard InChI is InChI=1S/C25H25N5O6/c1-34-18-10-15(11-19(35-2)22(18)36-3)14-8-16-20(17(31)9-14)21(30-25(27-16)28-24(26)29-30)12-4-6-13(7-5-12)23(32)33/h4-7,10-11,14,21H,8-9H2,1-3H3,(H,32,33)(H3,26,27,28,29)/t14-,21+/m0/s1. The van der Waals surface area contributed by atoms with Crippen LogP contribution in [0.25, 0.3) is 0 Å². The van der Waals surface area contributed by atoms with E-state index in [1.54, 1.807) is 31.0 Å². The number of ether oxygens (including phenoxy) is 3. The number of methoxy groups -OCH3 is 3. The van der Waals surface area contributed by atoms with Gasteiger partial charge in [-0.15, -0.1) is 5.10 Å². The Bertz CT molecular complexity index is 1370. The monoisotopic (exact) mass is 491 g/mol. The molecule has 2 heterocycles. The van der Waals surface area contributed by atoms with Gasteiger partial charge in [0.2, 0.25) is 17.6 Å². The summed E-state index contributed by atoms with van der Waals surface area (Å²) in [5.41, 5.74) is 8.90. The number of anilines is 2. The third-order valence-corrected chi connectivity index (χ3v) is 6.57. The van der Waals surface area contributed by atoms with Gasteiger partial charge in [-0.1, -0.05) is 12.1 Å². The van der Waals surface area contributed by atoms with E-state index in [2.05, 4.69) is 15.4 Å². The highest BCUT2D eigenvalue weighted by atomic mass is 16.5. The number of fused-ring (bicyclic) bond motifs is 1. The first kappa shape index (κ1) is 23.2. The molecule has 1 aliphatic carbocycles. The van der Waals surface area contributed by atoms with Gasteiger partial charge < -0.3 is 30.4 Å². The van der Waals surface area contributed by atoms with Crippen LogP contribution in [0, 0.1) is 0 Å². The molecule has 3 aromatic rings. The Kier molecular flexibility index (Phi) is 5.75. The minimum atomic E-state index is -1.03. The van der Waals surface area contributed by atoms with E-state index in [1.165, 1.54) is 19.2 Å². The van der Waals surface area contributed by atoms with Gasteiger partial charge in [-0.2, -0.15) is 4.98 Å². The number of nitrogens with one attached hydrogen (secondary N) is 1. The summed E-state index contributed by atoms with van der Waals surface area (Å²) < 4.78 is 18.0. The number of nitrogens with two attached hydrogens (primary N) is 1. The number of carboxylic acids is 1. The van der Waals surface area contributed by atoms with Gasteiger partial charge in [-0.25, -0.2) is 9.48 Å². The zero-order chi connectivity index (χ0) is 25.6. The summed E-state index contributed by atoms with van der Waals surface area (Å²) in [6.07, 6.45) is 0.776. The first-order chi connectivity index (χ1) is 17.3. The predicted octanol–water partition coefficient (Wildman–Crippen LogP) is 3.00. The van der Waals surface area contributed by atoms with Crippen molar-refractivity contribution in [3.8, 4) is 17.2 Å². The largest absolute Gasteiger partial charge is 0.493 e. The normalized spacial score (nSPS) is 18.7. The number of nitrogen functional groups attached to an aromatic ring is 1. The maximum absolute atomic E-state index is 13.6. The summed E-state index contributed by atoms with van der Waals surface area (Å²) in [4.78, 5) is 29.3. The number of aromatic nitrogens is 3. The highest BCUT2D eigenvalue weighted by Crippen LogP contribution is 2.47. The molecule has 0 saturated heterocycles. The van der Waals surface area contributed by atoms with Crippen molar-refractivity contribution >= 4 is 23.6 Å². The highest BCUT2D eigenvalue weighted by molar-refractivity contribution is 6.00. The van der Waals surface area contributed by atoms with Gasteiger partial charge in [0, 0.05) is 17.7 Å². The molecular weight excluding hydrogens is 466 g/mol. The van der Waals surface area contributed by atoms with Crippen LogP contribution >= 0.6 is 0 Å². The van der Waals surface area contributed by atoms with E-state index >= 15 is 0 Å². The van der Waals surface area contributed by atoms with Crippen LogP contribution in [0.3, 0.4) is 0 Å². The predicted molar refractivity (Wildman–Crippen MR) is 130 cm³/mol. The van der Waals surface area contributed by atoms with Crippen LogP contribution in [-0.2, 0) is 4.79 Å². The third kappa shape index (κ3) is 3.78. The Labute approximate surface area is 206 Å². The van der Waals surface area contributed by atoms with E-state index in [4.69, 9.17) is 19.9 Å². The number of hydrogen-bond donors (Lipinski definition) is 3. The number of carboxylic acid groups (broad SMARTS) is 1. The van der Waals surface area contributed by atoms with Gasteiger partial charge in [-0.05, 0) is 47.7 Å². The maximum atomic E-state index is 13.6. The molecule has 2 atom stereocenters. The second kappa shape index (κ2) is 8.91. The summed E-state index contributed by atoms with van der Waals surface area (Å²) in [7, 11) is 4.64.